The van der Waals surface area contributed by atoms with Crippen molar-refractivity contribution in [1.29, 1.82) is 0 Å². The lowest BCUT2D eigenvalue weighted by Crippen LogP contribution is -2.57. The van der Waals surface area contributed by atoms with E-state index in [0.717, 1.165) is 18.5 Å². The summed E-state index contributed by atoms with van der Waals surface area (Å²) in [6, 6.07) is 0.466. The van der Waals surface area contributed by atoms with Gasteiger partial charge in [0.2, 0.25) is 11.8 Å². The zero-order chi connectivity index (χ0) is 20.7. The SMILES string of the molecule is CC1=C(CC(=O)NCCO)C(=O)NC2CCNC(C)C12.FC1CNCC(F)C1. The third-order valence-corrected chi connectivity index (χ3v) is 5.47. The normalized spacial score (nSPS) is 32.6. The van der Waals surface area contributed by atoms with E-state index in [4.69, 9.17) is 5.11 Å². The highest BCUT2D eigenvalue weighted by Crippen LogP contribution is 2.31. The predicted octanol–water partition coefficient (Wildman–Crippen LogP) is -0.0462. The van der Waals surface area contributed by atoms with Crippen LogP contribution in [0.15, 0.2) is 11.1 Å². The Kier molecular flexibility index (Phi) is 8.78. The second-order valence-corrected chi connectivity index (χ2v) is 7.64. The van der Waals surface area contributed by atoms with Crippen LogP contribution in [0.1, 0.15) is 33.1 Å². The molecule has 0 aromatic carbocycles. The van der Waals surface area contributed by atoms with Crippen molar-refractivity contribution in [2.45, 2.75) is 57.5 Å². The molecule has 2 amide bonds. The van der Waals surface area contributed by atoms with Crippen LogP contribution in [0, 0.1) is 5.92 Å². The third kappa shape index (κ3) is 6.22. The first-order valence-electron chi connectivity index (χ1n) is 9.93. The number of carbonyl (C=O) groups is 2. The van der Waals surface area contributed by atoms with Crippen LogP contribution in [0.5, 0.6) is 0 Å². The summed E-state index contributed by atoms with van der Waals surface area (Å²) in [5.41, 5.74) is 1.58. The Bertz CT molecular complexity index is 580. The van der Waals surface area contributed by atoms with Crippen LogP contribution >= 0.6 is 0 Å². The van der Waals surface area contributed by atoms with Crippen molar-refractivity contribution in [3.63, 3.8) is 0 Å². The van der Waals surface area contributed by atoms with Gasteiger partial charge in [-0.3, -0.25) is 9.59 Å². The van der Waals surface area contributed by atoms with Crippen molar-refractivity contribution in [3.05, 3.63) is 11.1 Å². The average molecular weight is 402 g/mol. The Morgan fingerprint density at radius 2 is 1.96 bits per heavy atom. The predicted molar refractivity (Wildman–Crippen MR) is 102 cm³/mol. The minimum Gasteiger partial charge on any atom is -0.395 e. The number of alkyl halides is 2. The van der Waals surface area contributed by atoms with E-state index in [1.54, 1.807) is 0 Å². The van der Waals surface area contributed by atoms with E-state index < -0.39 is 12.3 Å². The summed E-state index contributed by atoms with van der Waals surface area (Å²) in [6.45, 7) is 5.73. The minimum atomic E-state index is -0.973. The number of nitrogens with one attached hydrogen (secondary N) is 4. The summed E-state index contributed by atoms with van der Waals surface area (Å²) in [4.78, 5) is 23.9. The number of aliphatic hydroxyl groups is 1. The summed E-state index contributed by atoms with van der Waals surface area (Å²) in [5, 5.41) is 20.4. The number of aliphatic hydroxyl groups excluding tert-OH is 1. The lowest BCUT2D eigenvalue weighted by atomic mass is 9.76. The molecule has 0 saturated carbocycles. The smallest absolute Gasteiger partial charge is 0.247 e. The largest absolute Gasteiger partial charge is 0.395 e. The molecule has 3 aliphatic heterocycles. The van der Waals surface area contributed by atoms with E-state index in [1.165, 1.54) is 0 Å². The van der Waals surface area contributed by atoms with Crippen molar-refractivity contribution < 1.29 is 23.5 Å². The van der Waals surface area contributed by atoms with Crippen LogP contribution < -0.4 is 21.3 Å². The molecule has 2 fully saturated rings. The van der Waals surface area contributed by atoms with Crippen LogP contribution in [-0.4, -0.2) is 74.1 Å². The summed E-state index contributed by atoms with van der Waals surface area (Å²) >= 11 is 0. The molecular weight excluding hydrogens is 370 g/mol. The van der Waals surface area contributed by atoms with Crippen molar-refractivity contribution in [1.82, 2.24) is 21.3 Å². The number of rotatable bonds is 4. The number of hydrogen-bond acceptors (Lipinski definition) is 5. The number of carbonyl (C=O) groups excluding carboxylic acids is 2. The molecule has 0 spiro atoms. The molecule has 160 valence electrons. The van der Waals surface area contributed by atoms with Crippen LogP contribution in [0.3, 0.4) is 0 Å². The Morgan fingerprint density at radius 1 is 1.29 bits per heavy atom. The summed E-state index contributed by atoms with van der Waals surface area (Å²) in [7, 11) is 0. The topological polar surface area (TPSA) is 102 Å². The summed E-state index contributed by atoms with van der Waals surface area (Å²) < 4.78 is 24.3. The van der Waals surface area contributed by atoms with Gasteiger partial charge in [0.15, 0.2) is 0 Å². The van der Waals surface area contributed by atoms with Gasteiger partial charge in [0.1, 0.15) is 12.3 Å². The molecule has 3 heterocycles. The molecule has 5 unspecified atom stereocenters. The molecule has 3 rings (SSSR count). The molecule has 0 bridgehead atoms. The first-order chi connectivity index (χ1) is 13.3. The molecule has 5 N–H and O–H groups in total. The molecule has 5 atom stereocenters. The zero-order valence-corrected chi connectivity index (χ0v) is 16.6. The van der Waals surface area contributed by atoms with Gasteiger partial charge in [0.25, 0.3) is 0 Å². The van der Waals surface area contributed by atoms with Gasteiger partial charge < -0.3 is 26.4 Å². The number of hydrogen-bond donors (Lipinski definition) is 5. The molecular formula is C19H32F2N4O3. The van der Waals surface area contributed by atoms with Gasteiger partial charge in [-0.2, -0.15) is 0 Å². The molecule has 9 heteroatoms. The Labute approximate surface area is 164 Å². The molecule has 3 aliphatic rings. The molecule has 0 aromatic heterocycles. The average Bonchev–Trinajstić information content (AvgIpc) is 2.63. The number of piperidine rings is 2. The second-order valence-electron chi connectivity index (χ2n) is 7.64. The fraction of sp³-hybridized carbons (Fsp3) is 0.789. The minimum absolute atomic E-state index is 0.0764. The van der Waals surface area contributed by atoms with Crippen molar-refractivity contribution >= 4 is 11.8 Å². The maximum Gasteiger partial charge on any atom is 0.247 e. The fourth-order valence-corrected chi connectivity index (χ4v) is 4.07. The van der Waals surface area contributed by atoms with Gasteiger partial charge in [0, 0.05) is 49.6 Å². The molecule has 0 radical (unpaired) electrons. The highest BCUT2D eigenvalue weighted by Gasteiger charge is 2.39. The molecule has 28 heavy (non-hydrogen) atoms. The van der Waals surface area contributed by atoms with Gasteiger partial charge in [-0.1, -0.05) is 5.57 Å². The summed E-state index contributed by atoms with van der Waals surface area (Å²) in [6.07, 6.45) is -0.875. The maximum atomic E-state index is 12.2. The van der Waals surface area contributed by atoms with Crippen LogP contribution in [0.2, 0.25) is 0 Å². The van der Waals surface area contributed by atoms with E-state index in [1.807, 2.05) is 6.92 Å². The van der Waals surface area contributed by atoms with Crippen molar-refractivity contribution in [2.75, 3.05) is 32.8 Å². The van der Waals surface area contributed by atoms with Crippen LogP contribution in [0.4, 0.5) is 8.78 Å². The maximum absolute atomic E-state index is 12.2. The lowest BCUT2D eigenvalue weighted by molar-refractivity contribution is -0.124. The van der Waals surface area contributed by atoms with Crippen molar-refractivity contribution in [3.8, 4) is 0 Å². The van der Waals surface area contributed by atoms with Gasteiger partial charge in [-0.25, -0.2) is 8.78 Å². The van der Waals surface area contributed by atoms with Crippen LogP contribution in [-0.2, 0) is 9.59 Å². The second kappa shape index (κ2) is 10.8. The molecule has 7 nitrogen and oxygen atoms in total. The third-order valence-electron chi connectivity index (χ3n) is 5.47. The molecule has 2 saturated heterocycles. The number of halogens is 2. The monoisotopic (exact) mass is 402 g/mol. The lowest BCUT2D eigenvalue weighted by Gasteiger charge is -2.42. The molecule has 0 aliphatic carbocycles. The van der Waals surface area contributed by atoms with Gasteiger partial charge in [-0.15, -0.1) is 0 Å². The van der Waals surface area contributed by atoms with Gasteiger partial charge >= 0.3 is 0 Å². The van der Waals surface area contributed by atoms with E-state index >= 15 is 0 Å². The number of amides is 2. The van der Waals surface area contributed by atoms with E-state index in [2.05, 4.69) is 28.2 Å². The molecule has 0 aromatic rings. The standard InChI is InChI=1S/C14H23N3O3.C5H9F2N/c1-8-10(7-12(19)16-5-6-18)14(20)17-11-3-4-15-9(2)13(8)11;6-4-1-5(7)3-8-2-4/h9,11,13,15,18H,3-7H2,1-2H3,(H,16,19)(H,17,20);4-5,8H,1-3H2. The quantitative estimate of drug-likeness (QED) is 0.454. The van der Waals surface area contributed by atoms with Crippen molar-refractivity contribution in [2.24, 2.45) is 5.92 Å². The first-order valence-corrected chi connectivity index (χ1v) is 9.93. The Balaban J connectivity index is 0.000000292. The van der Waals surface area contributed by atoms with Gasteiger partial charge in [-0.05, 0) is 26.8 Å². The highest BCUT2D eigenvalue weighted by atomic mass is 19.1. The highest BCUT2D eigenvalue weighted by molar-refractivity contribution is 6.00. The Morgan fingerprint density at radius 3 is 2.54 bits per heavy atom. The zero-order valence-electron chi connectivity index (χ0n) is 16.6. The Hall–Kier alpha value is -1.58. The van der Waals surface area contributed by atoms with Crippen LogP contribution in [0.25, 0.3) is 0 Å². The number of fused-ring (bicyclic) bond motifs is 1. The fourth-order valence-electron chi connectivity index (χ4n) is 4.07. The van der Waals surface area contributed by atoms with Gasteiger partial charge in [0.05, 0.1) is 13.0 Å². The van der Waals surface area contributed by atoms with E-state index in [-0.39, 0.29) is 49.8 Å². The van der Waals surface area contributed by atoms with E-state index in [0.29, 0.717) is 24.7 Å². The summed E-state index contributed by atoms with van der Waals surface area (Å²) in [5.74, 6) is -0.0995. The first kappa shape index (κ1) is 22.7. The van der Waals surface area contributed by atoms with E-state index in [9.17, 15) is 18.4 Å².